The van der Waals surface area contributed by atoms with Crippen LogP contribution in [0.4, 0.5) is 13.2 Å². The number of carboxylic acid groups (broad SMARTS) is 1. The van der Waals surface area contributed by atoms with Crippen LogP contribution in [0, 0.1) is 12.8 Å². The van der Waals surface area contributed by atoms with Crippen molar-refractivity contribution in [3.8, 4) is 28.8 Å². The van der Waals surface area contributed by atoms with Crippen LogP contribution in [0.5, 0.6) is 23.0 Å². The summed E-state index contributed by atoms with van der Waals surface area (Å²) in [6.45, 7) is 5.09. The fraction of sp³-hybridized carbons (Fsp3) is 0.214. The maximum absolute atomic E-state index is 13.1. The third kappa shape index (κ3) is 5.73. The van der Waals surface area contributed by atoms with Gasteiger partial charge in [-0.05, 0) is 49.4 Å². The van der Waals surface area contributed by atoms with Crippen LogP contribution in [0.2, 0.25) is 10.0 Å². The number of rotatable bonds is 8. The van der Waals surface area contributed by atoms with Gasteiger partial charge in [0.25, 0.3) is 0 Å². The number of aromatic nitrogens is 2. The monoisotopic (exact) mass is 608 g/mol. The lowest BCUT2D eigenvalue weighted by atomic mass is 10.1. The highest BCUT2D eigenvalue weighted by molar-refractivity contribution is 6.32. The topological polar surface area (TPSA) is 96.0 Å². The van der Waals surface area contributed by atoms with E-state index < -0.39 is 24.2 Å². The van der Waals surface area contributed by atoms with Gasteiger partial charge >= 0.3 is 12.3 Å². The molecule has 0 radical (unpaired) electrons. The first-order chi connectivity index (χ1) is 19.3. The van der Waals surface area contributed by atoms with Gasteiger partial charge < -0.3 is 23.8 Å². The fourth-order valence-electron chi connectivity index (χ4n) is 4.39. The molecule has 0 aliphatic carbocycles. The average molecular weight is 609 g/mol. The SMILES string of the molecule is Cc1c(Oc2cc(OC(C(=O)O)C(C)C)ccc2Cl)c2cc(OC(F)(F)F)ccc2n1-c1noc2cc(Cl)ccc12. The van der Waals surface area contributed by atoms with E-state index in [0.29, 0.717) is 33.0 Å². The molecule has 0 saturated carbocycles. The summed E-state index contributed by atoms with van der Waals surface area (Å²) in [6, 6.07) is 13.1. The van der Waals surface area contributed by atoms with Crippen LogP contribution in [0.1, 0.15) is 19.5 Å². The number of hydrogen-bond donors (Lipinski definition) is 1. The number of benzene rings is 3. The summed E-state index contributed by atoms with van der Waals surface area (Å²) in [6.07, 6.45) is -6.05. The van der Waals surface area contributed by atoms with Crippen LogP contribution in [-0.2, 0) is 4.79 Å². The molecule has 0 aliphatic rings. The number of nitrogens with zero attached hydrogens (tertiary/aromatic N) is 2. The number of alkyl halides is 3. The van der Waals surface area contributed by atoms with Gasteiger partial charge in [0.2, 0.25) is 0 Å². The quantitative estimate of drug-likeness (QED) is 0.188. The summed E-state index contributed by atoms with van der Waals surface area (Å²) in [4.78, 5) is 11.6. The van der Waals surface area contributed by atoms with E-state index in [1.165, 1.54) is 36.4 Å². The summed E-state index contributed by atoms with van der Waals surface area (Å²) in [5, 5.41) is 15.1. The van der Waals surface area contributed by atoms with E-state index in [-0.39, 0.29) is 33.6 Å². The number of fused-ring (bicyclic) bond motifs is 2. The molecule has 0 amide bonds. The van der Waals surface area contributed by atoms with Gasteiger partial charge in [0.05, 0.1) is 21.6 Å². The van der Waals surface area contributed by atoms with E-state index in [1.54, 1.807) is 43.5 Å². The zero-order chi connectivity index (χ0) is 29.6. The molecular formula is C28H21Cl2F3N2O6. The zero-order valence-electron chi connectivity index (χ0n) is 21.6. The highest BCUT2D eigenvalue weighted by Crippen LogP contribution is 2.43. The smallest absolute Gasteiger partial charge is 0.478 e. The van der Waals surface area contributed by atoms with Crippen molar-refractivity contribution in [1.82, 2.24) is 9.72 Å². The summed E-state index contributed by atoms with van der Waals surface area (Å²) in [5.41, 5.74) is 1.29. The second-order valence-electron chi connectivity index (χ2n) is 9.44. The minimum atomic E-state index is -4.92. The van der Waals surface area contributed by atoms with Crippen LogP contribution in [0.25, 0.3) is 27.7 Å². The van der Waals surface area contributed by atoms with Crippen molar-refractivity contribution in [1.29, 1.82) is 0 Å². The molecule has 0 saturated heterocycles. The van der Waals surface area contributed by atoms with Crippen molar-refractivity contribution in [2.75, 3.05) is 0 Å². The van der Waals surface area contributed by atoms with Gasteiger partial charge in [-0.15, -0.1) is 13.2 Å². The average Bonchev–Trinajstić information content (AvgIpc) is 3.40. The molecule has 1 unspecified atom stereocenters. The highest BCUT2D eigenvalue weighted by Gasteiger charge is 2.32. The van der Waals surface area contributed by atoms with Gasteiger partial charge in [-0.25, -0.2) is 4.79 Å². The molecule has 1 N–H and O–H groups in total. The molecule has 5 rings (SSSR count). The van der Waals surface area contributed by atoms with Crippen molar-refractivity contribution in [2.24, 2.45) is 5.92 Å². The van der Waals surface area contributed by atoms with Gasteiger partial charge in [-0.1, -0.05) is 42.2 Å². The van der Waals surface area contributed by atoms with Crippen molar-refractivity contribution in [3.05, 3.63) is 70.3 Å². The van der Waals surface area contributed by atoms with E-state index in [0.717, 1.165) is 0 Å². The Kier molecular flexibility index (Phi) is 7.43. The number of carbonyl (C=O) groups is 1. The summed E-state index contributed by atoms with van der Waals surface area (Å²) >= 11 is 12.5. The van der Waals surface area contributed by atoms with Crippen LogP contribution in [-0.4, -0.2) is 33.3 Å². The molecule has 0 fully saturated rings. The molecule has 2 aromatic heterocycles. The largest absolute Gasteiger partial charge is 0.573 e. The van der Waals surface area contributed by atoms with E-state index in [9.17, 15) is 23.1 Å². The Bertz CT molecular complexity index is 1780. The second kappa shape index (κ2) is 10.7. The van der Waals surface area contributed by atoms with E-state index in [4.69, 9.17) is 37.2 Å². The molecule has 0 spiro atoms. The Balaban J connectivity index is 1.66. The van der Waals surface area contributed by atoms with Gasteiger partial charge in [0.1, 0.15) is 17.2 Å². The Morgan fingerprint density at radius 1 is 1.02 bits per heavy atom. The third-order valence-corrected chi connectivity index (χ3v) is 6.75. The maximum Gasteiger partial charge on any atom is 0.573 e. The molecule has 3 aromatic carbocycles. The van der Waals surface area contributed by atoms with Crippen LogP contribution >= 0.6 is 23.2 Å². The third-order valence-electron chi connectivity index (χ3n) is 6.20. The normalized spacial score (nSPS) is 12.7. The molecule has 41 heavy (non-hydrogen) atoms. The molecular weight excluding hydrogens is 588 g/mol. The number of aliphatic carboxylic acids is 1. The van der Waals surface area contributed by atoms with Crippen molar-refractivity contribution >= 4 is 51.0 Å². The Morgan fingerprint density at radius 2 is 1.76 bits per heavy atom. The Hall–Kier alpha value is -4.09. The molecule has 5 aromatic rings. The molecule has 1 atom stereocenters. The predicted molar refractivity (Wildman–Crippen MR) is 146 cm³/mol. The molecule has 8 nitrogen and oxygen atoms in total. The predicted octanol–water partition coefficient (Wildman–Crippen LogP) is 8.57. The standard InChI is InChI=1S/C28H21Cl2F3N2O6/c1-13(2)24(27(36)37)38-16-5-8-20(30)23(12-16)39-25-14(3)35(26-18-7-4-15(29)10-22(18)41-34-26)21-9-6-17(11-19(21)25)40-28(31,32)33/h4-13,24H,1-3H3,(H,36,37). The van der Waals surface area contributed by atoms with Crippen molar-refractivity contribution < 1.29 is 41.8 Å². The summed E-state index contributed by atoms with van der Waals surface area (Å²) in [7, 11) is 0. The van der Waals surface area contributed by atoms with Crippen LogP contribution in [0.3, 0.4) is 0 Å². The fourth-order valence-corrected chi connectivity index (χ4v) is 4.71. The summed E-state index contributed by atoms with van der Waals surface area (Å²) < 4.78 is 62.3. The first-order valence-electron chi connectivity index (χ1n) is 12.2. The Morgan fingerprint density at radius 3 is 2.44 bits per heavy atom. The number of ether oxygens (including phenoxy) is 3. The molecule has 214 valence electrons. The lowest BCUT2D eigenvalue weighted by Gasteiger charge is -2.19. The van der Waals surface area contributed by atoms with Gasteiger partial charge in [0.15, 0.2) is 23.3 Å². The molecule has 2 heterocycles. The van der Waals surface area contributed by atoms with Crippen molar-refractivity contribution in [3.63, 3.8) is 0 Å². The number of hydrogen-bond acceptors (Lipinski definition) is 6. The maximum atomic E-state index is 13.1. The lowest BCUT2D eigenvalue weighted by molar-refractivity contribution is -0.274. The molecule has 0 bridgehead atoms. The molecule has 0 aliphatic heterocycles. The lowest BCUT2D eigenvalue weighted by Crippen LogP contribution is -2.32. The minimum Gasteiger partial charge on any atom is -0.478 e. The van der Waals surface area contributed by atoms with Crippen molar-refractivity contribution in [2.45, 2.75) is 33.2 Å². The van der Waals surface area contributed by atoms with Gasteiger partial charge in [-0.3, -0.25) is 4.57 Å². The van der Waals surface area contributed by atoms with Gasteiger partial charge in [0, 0.05) is 28.5 Å². The van der Waals surface area contributed by atoms with Crippen LogP contribution < -0.4 is 14.2 Å². The van der Waals surface area contributed by atoms with Crippen LogP contribution in [0.15, 0.2) is 59.1 Å². The Labute approximate surface area is 240 Å². The molecule has 13 heteroatoms. The second-order valence-corrected chi connectivity index (χ2v) is 10.3. The highest BCUT2D eigenvalue weighted by atomic mass is 35.5. The van der Waals surface area contributed by atoms with Gasteiger partial charge in [-0.2, -0.15) is 0 Å². The number of halogens is 5. The zero-order valence-corrected chi connectivity index (χ0v) is 23.1. The number of carboxylic acids is 1. The van der Waals surface area contributed by atoms with E-state index >= 15 is 0 Å². The first kappa shape index (κ1) is 28.4. The summed E-state index contributed by atoms with van der Waals surface area (Å²) in [5.74, 6) is -1.20. The minimum absolute atomic E-state index is 0.0816. The van der Waals surface area contributed by atoms with E-state index in [2.05, 4.69) is 9.89 Å². The first-order valence-corrected chi connectivity index (χ1v) is 12.9. The van der Waals surface area contributed by atoms with E-state index in [1.807, 2.05) is 0 Å².